The molecule has 0 heterocycles. The summed E-state index contributed by atoms with van der Waals surface area (Å²) in [5.41, 5.74) is 0. The zero-order chi connectivity index (χ0) is 15.8. The molecule has 0 fully saturated rings. The summed E-state index contributed by atoms with van der Waals surface area (Å²) < 4.78 is 11.6. The van der Waals surface area contributed by atoms with Crippen LogP contribution in [0, 0.1) is 11.8 Å². The van der Waals surface area contributed by atoms with Crippen LogP contribution in [0.3, 0.4) is 0 Å². The van der Waals surface area contributed by atoms with Crippen molar-refractivity contribution >= 4 is 0 Å². The number of unbranched alkanes of at least 4 members (excludes halogenated alkanes) is 3. The summed E-state index contributed by atoms with van der Waals surface area (Å²) in [6, 6.07) is 0. The molecule has 2 atom stereocenters. The molecule has 0 aromatic carbocycles. The van der Waals surface area contributed by atoms with Crippen molar-refractivity contribution in [3.8, 4) is 0 Å². The molecule has 0 saturated heterocycles. The van der Waals surface area contributed by atoms with Crippen molar-refractivity contribution in [2.75, 3.05) is 26.4 Å². The Kier molecular flexibility index (Phi) is 16.2. The molecule has 2 nitrogen and oxygen atoms in total. The van der Waals surface area contributed by atoms with Crippen molar-refractivity contribution < 1.29 is 9.47 Å². The first kappa shape index (κ1) is 20.9. The lowest BCUT2D eigenvalue weighted by Gasteiger charge is -2.16. The molecule has 0 aliphatic rings. The molecule has 0 saturated carbocycles. The van der Waals surface area contributed by atoms with Crippen molar-refractivity contribution in [1.29, 1.82) is 0 Å². The first-order valence-electron chi connectivity index (χ1n) is 9.43. The molecular weight excluding hydrogens is 260 g/mol. The van der Waals surface area contributed by atoms with Gasteiger partial charge in [-0.1, -0.05) is 72.6 Å². The summed E-state index contributed by atoms with van der Waals surface area (Å²) in [6.07, 6.45) is 11.7. The van der Waals surface area contributed by atoms with Crippen LogP contribution in [0.1, 0.15) is 85.5 Å². The van der Waals surface area contributed by atoms with E-state index >= 15 is 0 Å². The summed E-state index contributed by atoms with van der Waals surface area (Å²) in [5, 5.41) is 0. The highest BCUT2D eigenvalue weighted by molar-refractivity contribution is 4.57. The maximum atomic E-state index is 5.79. The molecule has 0 rings (SSSR count). The standard InChI is InChI=1S/C19H40O2/c1-5-9-11-13-19(8-4)17-21-15-14-20-16-18(7-3)12-10-6-2/h18-19H,5-17H2,1-4H3. The minimum absolute atomic E-state index is 0.738. The summed E-state index contributed by atoms with van der Waals surface area (Å²) in [7, 11) is 0. The van der Waals surface area contributed by atoms with E-state index in [9.17, 15) is 0 Å². The number of ether oxygens (including phenoxy) is 2. The van der Waals surface area contributed by atoms with E-state index in [0.717, 1.165) is 38.3 Å². The zero-order valence-corrected chi connectivity index (χ0v) is 15.2. The van der Waals surface area contributed by atoms with E-state index in [4.69, 9.17) is 9.47 Å². The van der Waals surface area contributed by atoms with Gasteiger partial charge < -0.3 is 9.47 Å². The van der Waals surface area contributed by atoms with Gasteiger partial charge >= 0.3 is 0 Å². The van der Waals surface area contributed by atoms with Gasteiger partial charge in [-0.3, -0.25) is 0 Å². The largest absolute Gasteiger partial charge is 0.379 e. The van der Waals surface area contributed by atoms with E-state index in [1.807, 2.05) is 0 Å². The molecule has 2 heteroatoms. The summed E-state index contributed by atoms with van der Waals surface area (Å²) in [5.74, 6) is 1.48. The molecule has 0 bridgehead atoms. The number of hydrogen-bond acceptors (Lipinski definition) is 2. The third kappa shape index (κ3) is 13.3. The van der Waals surface area contributed by atoms with Crippen LogP contribution < -0.4 is 0 Å². The topological polar surface area (TPSA) is 18.5 Å². The Morgan fingerprint density at radius 1 is 0.619 bits per heavy atom. The average Bonchev–Trinajstić information content (AvgIpc) is 2.51. The van der Waals surface area contributed by atoms with Crippen molar-refractivity contribution in [3.63, 3.8) is 0 Å². The quantitative estimate of drug-likeness (QED) is 0.333. The fourth-order valence-corrected chi connectivity index (χ4v) is 2.60. The van der Waals surface area contributed by atoms with Crippen LogP contribution in [-0.2, 0) is 9.47 Å². The Hall–Kier alpha value is -0.0800. The van der Waals surface area contributed by atoms with Crippen LogP contribution in [0.5, 0.6) is 0 Å². The zero-order valence-electron chi connectivity index (χ0n) is 15.2. The summed E-state index contributed by atoms with van der Waals surface area (Å²) in [6.45, 7) is 12.4. The normalized spacial score (nSPS) is 14.3. The minimum atomic E-state index is 0.738. The summed E-state index contributed by atoms with van der Waals surface area (Å²) in [4.78, 5) is 0. The average molecular weight is 301 g/mol. The lowest BCUT2D eigenvalue weighted by Crippen LogP contribution is -2.15. The molecule has 0 spiro atoms. The molecule has 21 heavy (non-hydrogen) atoms. The second-order valence-corrected chi connectivity index (χ2v) is 6.34. The highest BCUT2D eigenvalue weighted by Crippen LogP contribution is 2.14. The molecule has 0 aromatic rings. The van der Waals surface area contributed by atoms with Crippen molar-refractivity contribution in [2.45, 2.75) is 85.5 Å². The van der Waals surface area contributed by atoms with Gasteiger partial charge in [0.15, 0.2) is 0 Å². The van der Waals surface area contributed by atoms with Gasteiger partial charge in [0.05, 0.1) is 13.2 Å². The third-order valence-electron chi connectivity index (χ3n) is 4.42. The van der Waals surface area contributed by atoms with Crippen molar-refractivity contribution in [2.24, 2.45) is 11.8 Å². The van der Waals surface area contributed by atoms with Gasteiger partial charge in [-0.2, -0.15) is 0 Å². The summed E-state index contributed by atoms with van der Waals surface area (Å²) >= 11 is 0. The van der Waals surface area contributed by atoms with Gasteiger partial charge in [-0.05, 0) is 24.7 Å². The van der Waals surface area contributed by atoms with Crippen LogP contribution in [0.15, 0.2) is 0 Å². The second kappa shape index (κ2) is 16.3. The predicted octanol–water partition coefficient (Wildman–Crippen LogP) is 5.84. The van der Waals surface area contributed by atoms with Gasteiger partial charge in [-0.25, -0.2) is 0 Å². The minimum Gasteiger partial charge on any atom is -0.379 e. The Bertz CT molecular complexity index is 194. The van der Waals surface area contributed by atoms with Gasteiger partial charge in [0, 0.05) is 13.2 Å². The first-order chi connectivity index (χ1) is 10.3. The Morgan fingerprint density at radius 3 is 1.52 bits per heavy atom. The molecule has 0 aromatic heterocycles. The van der Waals surface area contributed by atoms with E-state index in [0.29, 0.717) is 0 Å². The Balaban J connectivity index is 3.47. The number of rotatable bonds is 16. The van der Waals surface area contributed by atoms with E-state index in [2.05, 4.69) is 27.7 Å². The molecule has 0 aliphatic carbocycles. The molecule has 0 amide bonds. The fraction of sp³-hybridized carbons (Fsp3) is 1.00. The maximum Gasteiger partial charge on any atom is 0.0700 e. The van der Waals surface area contributed by atoms with Gasteiger partial charge in [-0.15, -0.1) is 0 Å². The first-order valence-corrected chi connectivity index (χ1v) is 9.43. The Morgan fingerprint density at radius 2 is 1.10 bits per heavy atom. The number of hydrogen-bond donors (Lipinski definition) is 0. The van der Waals surface area contributed by atoms with E-state index < -0.39 is 0 Å². The molecule has 2 unspecified atom stereocenters. The van der Waals surface area contributed by atoms with Crippen LogP contribution >= 0.6 is 0 Å². The molecular formula is C19H40O2. The molecule has 128 valence electrons. The van der Waals surface area contributed by atoms with E-state index in [1.165, 1.54) is 57.8 Å². The van der Waals surface area contributed by atoms with E-state index in [1.54, 1.807) is 0 Å². The van der Waals surface area contributed by atoms with Crippen molar-refractivity contribution in [3.05, 3.63) is 0 Å². The fourth-order valence-electron chi connectivity index (χ4n) is 2.60. The smallest absolute Gasteiger partial charge is 0.0700 e. The van der Waals surface area contributed by atoms with E-state index in [-0.39, 0.29) is 0 Å². The van der Waals surface area contributed by atoms with Gasteiger partial charge in [0.1, 0.15) is 0 Å². The van der Waals surface area contributed by atoms with Gasteiger partial charge in [0.2, 0.25) is 0 Å². The third-order valence-corrected chi connectivity index (χ3v) is 4.42. The predicted molar refractivity (Wildman–Crippen MR) is 92.9 cm³/mol. The Labute approximate surface area is 134 Å². The monoisotopic (exact) mass is 300 g/mol. The highest BCUT2D eigenvalue weighted by atomic mass is 16.5. The lowest BCUT2D eigenvalue weighted by atomic mass is 10.00. The van der Waals surface area contributed by atoms with Crippen LogP contribution in [0.2, 0.25) is 0 Å². The molecule has 0 aliphatic heterocycles. The van der Waals surface area contributed by atoms with Crippen molar-refractivity contribution in [1.82, 2.24) is 0 Å². The van der Waals surface area contributed by atoms with Crippen LogP contribution in [0.4, 0.5) is 0 Å². The molecule has 0 N–H and O–H groups in total. The second-order valence-electron chi connectivity index (χ2n) is 6.34. The van der Waals surface area contributed by atoms with Crippen LogP contribution in [-0.4, -0.2) is 26.4 Å². The molecule has 0 radical (unpaired) electrons. The SMILES string of the molecule is CCCCCC(CC)COCCOCC(CC)CCCC. The van der Waals surface area contributed by atoms with Crippen LogP contribution in [0.25, 0.3) is 0 Å². The maximum absolute atomic E-state index is 5.79. The highest BCUT2D eigenvalue weighted by Gasteiger charge is 2.07. The lowest BCUT2D eigenvalue weighted by molar-refractivity contribution is 0.0185. The van der Waals surface area contributed by atoms with Gasteiger partial charge in [0.25, 0.3) is 0 Å².